The van der Waals surface area contributed by atoms with Crippen molar-refractivity contribution in [1.82, 2.24) is 10.3 Å². The quantitative estimate of drug-likeness (QED) is 0.621. The SMILES string of the molecule is O=C(NCc1ccc(Cl)cc1)C1CC=CCC1c1nc2ccccc2s1. The van der Waals surface area contributed by atoms with Crippen LogP contribution >= 0.6 is 22.9 Å². The van der Waals surface area contributed by atoms with E-state index in [1.165, 1.54) is 4.70 Å². The van der Waals surface area contributed by atoms with Crippen LogP contribution in [-0.2, 0) is 11.3 Å². The van der Waals surface area contributed by atoms with E-state index in [-0.39, 0.29) is 17.7 Å². The molecule has 0 saturated carbocycles. The molecule has 1 N–H and O–H groups in total. The molecule has 1 amide bonds. The van der Waals surface area contributed by atoms with E-state index in [4.69, 9.17) is 16.6 Å². The molecular weight excluding hydrogens is 364 g/mol. The predicted molar refractivity (Wildman–Crippen MR) is 108 cm³/mol. The van der Waals surface area contributed by atoms with E-state index in [0.29, 0.717) is 11.6 Å². The van der Waals surface area contributed by atoms with Crippen molar-refractivity contribution >= 4 is 39.1 Å². The van der Waals surface area contributed by atoms with Crippen molar-refractivity contribution in [2.75, 3.05) is 0 Å². The molecule has 1 heterocycles. The van der Waals surface area contributed by atoms with E-state index in [0.717, 1.165) is 28.9 Å². The van der Waals surface area contributed by atoms with E-state index < -0.39 is 0 Å². The number of allylic oxidation sites excluding steroid dienone is 2. The number of benzene rings is 2. The van der Waals surface area contributed by atoms with Crippen molar-refractivity contribution in [3.63, 3.8) is 0 Å². The summed E-state index contributed by atoms with van der Waals surface area (Å²) >= 11 is 7.62. The predicted octanol–water partition coefficient (Wildman–Crippen LogP) is 5.32. The van der Waals surface area contributed by atoms with Gasteiger partial charge in [0, 0.05) is 17.5 Å². The van der Waals surface area contributed by atoms with Gasteiger partial charge in [0.15, 0.2) is 0 Å². The Bertz CT molecular complexity index is 915. The molecule has 3 nitrogen and oxygen atoms in total. The first-order valence-corrected chi connectivity index (χ1v) is 9.93. The van der Waals surface area contributed by atoms with Crippen LogP contribution in [0.25, 0.3) is 10.2 Å². The molecule has 26 heavy (non-hydrogen) atoms. The van der Waals surface area contributed by atoms with Crippen molar-refractivity contribution in [2.24, 2.45) is 5.92 Å². The Kier molecular flexibility index (Phi) is 5.05. The van der Waals surface area contributed by atoms with Crippen LogP contribution in [-0.4, -0.2) is 10.9 Å². The lowest BCUT2D eigenvalue weighted by atomic mass is 9.82. The fourth-order valence-electron chi connectivity index (χ4n) is 3.35. The summed E-state index contributed by atoms with van der Waals surface area (Å²) in [7, 11) is 0. The maximum absolute atomic E-state index is 12.8. The Labute approximate surface area is 161 Å². The van der Waals surface area contributed by atoms with Gasteiger partial charge in [-0.05, 0) is 42.7 Å². The number of amides is 1. The summed E-state index contributed by atoms with van der Waals surface area (Å²) in [6.45, 7) is 0.517. The minimum Gasteiger partial charge on any atom is -0.352 e. The number of nitrogens with zero attached hydrogens (tertiary/aromatic N) is 1. The lowest BCUT2D eigenvalue weighted by Gasteiger charge is -2.26. The van der Waals surface area contributed by atoms with Gasteiger partial charge in [-0.25, -0.2) is 4.98 Å². The number of hydrogen-bond donors (Lipinski definition) is 1. The van der Waals surface area contributed by atoms with Crippen LogP contribution in [0, 0.1) is 5.92 Å². The highest BCUT2D eigenvalue weighted by atomic mass is 35.5. The molecule has 0 bridgehead atoms. The Balaban J connectivity index is 1.50. The number of para-hydroxylation sites is 1. The zero-order valence-corrected chi connectivity index (χ0v) is 15.8. The van der Waals surface area contributed by atoms with E-state index in [1.54, 1.807) is 11.3 Å². The van der Waals surface area contributed by atoms with Crippen LogP contribution in [0.1, 0.15) is 29.3 Å². The summed E-state index contributed by atoms with van der Waals surface area (Å²) in [6, 6.07) is 15.7. The molecule has 0 fully saturated rings. The minimum absolute atomic E-state index is 0.0761. The molecule has 3 aromatic rings. The zero-order valence-electron chi connectivity index (χ0n) is 14.2. The molecule has 2 aromatic carbocycles. The van der Waals surface area contributed by atoms with Gasteiger partial charge >= 0.3 is 0 Å². The first kappa shape index (κ1) is 17.3. The zero-order chi connectivity index (χ0) is 17.9. The lowest BCUT2D eigenvalue weighted by Crippen LogP contribution is -2.34. The van der Waals surface area contributed by atoms with Gasteiger partial charge in [0.05, 0.1) is 21.1 Å². The molecule has 1 aromatic heterocycles. The van der Waals surface area contributed by atoms with Crippen molar-refractivity contribution in [1.29, 1.82) is 0 Å². The van der Waals surface area contributed by atoms with Gasteiger partial charge in [0.1, 0.15) is 0 Å². The van der Waals surface area contributed by atoms with Crippen molar-refractivity contribution in [3.05, 3.63) is 76.3 Å². The summed E-state index contributed by atoms with van der Waals surface area (Å²) in [5.41, 5.74) is 2.06. The number of thiazole rings is 1. The second kappa shape index (κ2) is 7.60. The van der Waals surface area contributed by atoms with Gasteiger partial charge in [-0.2, -0.15) is 0 Å². The molecule has 2 atom stereocenters. The Hall–Kier alpha value is -2.17. The van der Waals surface area contributed by atoms with Gasteiger partial charge in [0.2, 0.25) is 5.91 Å². The molecule has 1 aliphatic rings. The number of fused-ring (bicyclic) bond motifs is 1. The van der Waals surface area contributed by atoms with Crippen LogP contribution in [0.15, 0.2) is 60.7 Å². The maximum Gasteiger partial charge on any atom is 0.224 e. The molecular formula is C21H19ClN2OS. The first-order chi connectivity index (χ1) is 12.7. The molecule has 0 radical (unpaired) electrons. The Morgan fingerprint density at radius 1 is 1.12 bits per heavy atom. The summed E-state index contributed by atoms with van der Waals surface area (Å²) in [4.78, 5) is 17.6. The normalized spacial score (nSPS) is 19.6. The number of halogens is 1. The third kappa shape index (κ3) is 3.67. The molecule has 0 saturated heterocycles. The molecule has 2 unspecified atom stereocenters. The second-order valence-corrected chi connectivity index (χ2v) is 8.02. The summed E-state index contributed by atoms with van der Waals surface area (Å²) in [5, 5.41) is 4.84. The topological polar surface area (TPSA) is 42.0 Å². The highest BCUT2D eigenvalue weighted by molar-refractivity contribution is 7.18. The van der Waals surface area contributed by atoms with Gasteiger partial charge < -0.3 is 5.32 Å². The number of nitrogens with one attached hydrogen (secondary N) is 1. The van der Waals surface area contributed by atoms with Gasteiger partial charge in [-0.3, -0.25) is 4.79 Å². The van der Waals surface area contributed by atoms with Crippen molar-refractivity contribution < 1.29 is 4.79 Å². The van der Waals surface area contributed by atoms with Crippen LogP contribution in [0.2, 0.25) is 5.02 Å². The van der Waals surface area contributed by atoms with Gasteiger partial charge in [0.25, 0.3) is 0 Å². The molecule has 5 heteroatoms. The average molecular weight is 383 g/mol. The molecule has 0 aliphatic heterocycles. The van der Waals surface area contributed by atoms with Crippen LogP contribution in [0.3, 0.4) is 0 Å². The number of hydrogen-bond acceptors (Lipinski definition) is 3. The van der Waals surface area contributed by atoms with Crippen molar-refractivity contribution in [2.45, 2.75) is 25.3 Å². The number of aromatic nitrogens is 1. The van der Waals surface area contributed by atoms with Gasteiger partial charge in [-0.15, -0.1) is 11.3 Å². The number of carbonyl (C=O) groups excluding carboxylic acids is 1. The first-order valence-electron chi connectivity index (χ1n) is 8.73. The molecule has 4 rings (SSSR count). The van der Waals surface area contributed by atoms with Crippen LogP contribution in [0.4, 0.5) is 0 Å². The number of rotatable bonds is 4. The number of carbonyl (C=O) groups is 1. The lowest BCUT2D eigenvalue weighted by molar-refractivity contribution is -0.125. The molecule has 132 valence electrons. The Morgan fingerprint density at radius 3 is 2.69 bits per heavy atom. The van der Waals surface area contributed by atoms with E-state index in [2.05, 4.69) is 23.5 Å². The fourth-order valence-corrected chi connectivity index (χ4v) is 4.62. The van der Waals surface area contributed by atoms with E-state index >= 15 is 0 Å². The third-order valence-corrected chi connectivity index (χ3v) is 6.20. The monoisotopic (exact) mass is 382 g/mol. The van der Waals surface area contributed by atoms with E-state index in [1.807, 2.05) is 42.5 Å². The van der Waals surface area contributed by atoms with Gasteiger partial charge in [-0.1, -0.05) is 48.0 Å². The summed E-state index contributed by atoms with van der Waals surface area (Å²) < 4.78 is 1.18. The maximum atomic E-state index is 12.8. The molecule has 0 spiro atoms. The largest absolute Gasteiger partial charge is 0.352 e. The third-order valence-electron chi connectivity index (χ3n) is 4.78. The standard InChI is InChI=1S/C21H19ClN2OS/c22-15-11-9-14(10-12-15)13-23-20(25)16-5-1-2-6-17(16)21-24-18-7-3-4-8-19(18)26-21/h1-4,7-12,16-17H,5-6,13H2,(H,23,25). The highest BCUT2D eigenvalue weighted by Gasteiger charge is 2.32. The molecule has 1 aliphatic carbocycles. The smallest absolute Gasteiger partial charge is 0.224 e. The van der Waals surface area contributed by atoms with E-state index in [9.17, 15) is 4.79 Å². The van der Waals surface area contributed by atoms with Crippen LogP contribution in [0.5, 0.6) is 0 Å². The Morgan fingerprint density at radius 2 is 1.88 bits per heavy atom. The average Bonchev–Trinajstić information content (AvgIpc) is 3.11. The minimum atomic E-state index is -0.0761. The highest BCUT2D eigenvalue weighted by Crippen LogP contribution is 2.38. The van der Waals surface area contributed by atoms with Crippen LogP contribution < -0.4 is 5.32 Å². The van der Waals surface area contributed by atoms with Crippen molar-refractivity contribution in [3.8, 4) is 0 Å². The summed E-state index contributed by atoms with van der Waals surface area (Å²) in [5.74, 6) is 0.157. The fraction of sp³-hybridized carbons (Fsp3) is 0.238. The summed E-state index contributed by atoms with van der Waals surface area (Å²) in [6.07, 6.45) is 5.89. The second-order valence-electron chi connectivity index (χ2n) is 6.52.